The number of benzene rings is 1. The van der Waals surface area contributed by atoms with Gasteiger partial charge in [-0.1, -0.05) is 19.8 Å². The van der Waals surface area contributed by atoms with Crippen LogP contribution >= 0.6 is 0 Å². The van der Waals surface area contributed by atoms with Crippen molar-refractivity contribution in [1.29, 1.82) is 0 Å². The van der Waals surface area contributed by atoms with E-state index < -0.39 is 0 Å². The molecule has 2 rings (SSSR count). The van der Waals surface area contributed by atoms with Crippen molar-refractivity contribution >= 4 is 5.78 Å². The third kappa shape index (κ3) is 3.85. The van der Waals surface area contributed by atoms with Crippen LogP contribution in [0.4, 0.5) is 0 Å². The summed E-state index contributed by atoms with van der Waals surface area (Å²) in [5.74, 6) is 1.72. The summed E-state index contributed by atoms with van der Waals surface area (Å²) in [7, 11) is 3.88. The Balaban J connectivity index is 2.16. The summed E-state index contributed by atoms with van der Waals surface area (Å²) in [5.41, 5.74) is 1.86. The molecule has 116 valence electrons. The average molecular weight is 289 g/mol. The summed E-state index contributed by atoms with van der Waals surface area (Å²) in [6.45, 7) is 4.79. The predicted molar refractivity (Wildman–Crippen MR) is 85.9 cm³/mol. The number of rotatable bonds is 5. The highest BCUT2D eigenvalue weighted by Crippen LogP contribution is 2.30. The Kier molecular flexibility index (Phi) is 5.40. The quantitative estimate of drug-likeness (QED) is 0.770. The number of Topliss-reactive ketones (excluding diaryl/α,β-unsaturated/α-hetero) is 1. The van der Waals surface area contributed by atoms with Gasteiger partial charge in [-0.25, -0.2) is 0 Å². The van der Waals surface area contributed by atoms with Gasteiger partial charge in [0.1, 0.15) is 5.75 Å². The van der Waals surface area contributed by atoms with Crippen LogP contribution in [-0.2, 0) is 6.54 Å². The van der Waals surface area contributed by atoms with Gasteiger partial charge >= 0.3 is 0 Å². The van der Waals surface area contributed by atoms with Crippen LogP contribution in [0.2, 0.25) is 0 Å². The van der Waals surface area contributed by atoms with E-state index in [-0.39, 0.29) is 5.78 Å². The minimum atomic E-state index is 0.104. The number of ketones is 1. The van der Waals surface area contributed by atoms with Crippen LogP contribution in [0.15, 0.2) is 18.2 Å². The molecule has 1 aromatic carbocycles. The van der Waals surface area contributed by atoms with E-state index in [1.165, 1.54) is 25.7 Å². The first-order valence-corrected chi connectivity index (χ1v) is 7.91. The van der Waals surface area contributed by atoms with Crippen LogP contribution in [0.3, 0.4) is 0 Å². The SMILES string of the molecule is COc1ccc(C(C)=O)cc1CN(C)C1CCCCC1C. The molecule has 2 atom stereocenters. The molecule has 1 fully saturated rings. The Bertz CT molecular complexity index is 498. The van der Waals surface area contributed by atoms with Crippen molar-refractivity contribution in [3.05, 3.63) is 29.3 Å². The molecule has 0 saturated heterocycles. The highest BCUT2D eigenvalue weighted by atomic mass is 16.5. The highest BCUT2D eigenvalue weighted by Gasteiger charge is 2.25. The molecule has 0 N–H and O–H groups in total. The number of methoxy groups -OCH3 is 1. The molecule has 0 aromatic heterocycles. The molecule has 0 radical (unpaired) electrons. The van der Waals surface area contributed by atoms with Crippen molar-refractivity contribution in [2.75, 3.05) is 14.2 Å². The van der Waals surface area contributed by atoms with Crippen molar-refractivity contribution in [2.24, 2.45) is 5.92 Å². The Morgan fingerprint density at radius 2 is 2.05 bits per heavy atom. The Hall–Kier alpha value is -1.35. The Labute approximate surface area is 128 Å². The first-order valence-electron chi connectivity index (χ1n) is 7.91. The summed E-state index contributed by atoms with van der Waals surface area (Å²) in [5, 5.41) is 0. The van der Waals surface area contributed by atoms with Gasteiger partial charge in [0.15, 0.2) is 5.78 Å². The lowest BCUT2D eigenvalue weighted by Crippen LogP contribution is -2.38. The molecule has 0 heterocycles. The second-order valence-electron chi connectivity index (χ2n) is 6.33. The van der Waals surface area contributed by atoms with Crippen molar-refractivity contribution in [1.82, 2.24) is 4.90 Å². The fraction of sp³-hybridized carbons (Fsp3) is 0.611. The van der Waals surface area contributed by atoms with Gasteiger partial charge in [0.2, 0.25) is 0 Å². The van der Waals surface area contributed by atoms with Gasteiger partial charge in [0.25, 0.3) is 0 Å². The second kappa shape index (κ2) is 7.08. The summed E-state index contributed by atoms with van der Waals surface area (Å²) in [4.78, 5) is 14.0. The van der Waals surface area contributed by atoms with Crippen molar-refractivity contribution < 1.29 is 9.53 Å². The average Bonchev–Trinajstić information content (AvgIpc) is 2.47. The molecule has 0 bridgehead atoms. The van der Waals surface area contributed by atoms with Gasteiger partial charge in [0, 0.05) is 23.7 Å². The van der Waals surface area contributed by atoms with Gasteiger partial charge in [0.05, 0.1) is 7.11 Å². The maximum absolute atomic E-state index is 11.6. The van der Waals surface area contributed by atoms with Crippen LogP contribution < -0.4 is 4.74 Å². The van der Waals surface area contributed by atoms with Crippen LogP contribution in [0.25, 0.3) is 0 Å². The van der Waals surface area contributed by atoms with Crippen LogP contribution in [0.1, 0.15) is 55.5 Å². The van der Waals surface area contributed by atoms with Crippen LogP contribution in [-0.4, -0.2) is 30.9 Å². The third-order valence-electron chi connectivity index (χ3n) is 4.74. The van der Waals surface area contributed by atoms with E-state index in [2.05, 4.69) is 18.9 Å². The second-order valence-corrected chi connectivity index (χ2v) is 6.33. The molecule has 21 heavy (non-hydrogen) atoms. The Morgan fingerprint density at radius 1 is 1.33 bits per heavy atom. The standard InChI is InChI=1S/C18H27NO2/c1-13-7-5-6-8-17(13)19(3)12-16-11-15(14(2)20)9-10-18(16)21-4/h9-11,13,17H,5-8,12H2,1-4H3. The molecule has 0 spiro atoms. The van der Waals surface area contributed by atoms with Crippen molar-refractivity contribution in [2.45, 2.75) is 52.1 Å². The molecule has 1 aromatic rings. The number of hydrogen-bond donors (Lipinski definition) is 0. The van der Waals surface area contributed by atoms with Crippen LogP contribution in [0, 0.1) is 5.92 Å². The summed E-state index contributed by atoms with van der Waals surface area (Å²) in [6.07, 6.45) is 5.27. The number of hydrogen-bond acceptors (Lipinski definition) is 3. The molecule has 2 unspecified atom stereocenters. The van der Waals surface area contributed by atoms with Gasteiger partial charge < -0.3 is 4.74 Å². The number of ether oxygens (including phenoxy) is 1. The molecule has 3 heteroatoms. The Morgan fingerprint density at radius 3 is 2.67 bits per heavy atom. The van der Waals surface area contributed by atoms with E-state index in [1.807, 2.05) is 18.2 Å². The fourth-order valence-electron chi connectivity index (χ4n) is 3.46. The number of nitrogens with zero attached hydrogens (tertiary/aromatic N) is 1. The summed E-state index contributed by atoms with van der Waals surface area (Å²) in [6, 6.07) is 6.35. The maximum atomic E-state index is 11.6. The fourth-order valence-corrected chi connectivity index (χ4v) is 3.46. The van der Waals surface area contributed by atoms with E-state index in [4.69, 9.17) is 4.74 Å². The monoisotopic (exact) mass is 289 g/mol. The number of carbonyl (C=O) groups excluding carboxylic acids is 1. The zero-order chi connectivity index (χ0) is 15.4. The third-order valence-corrected chi connectivity index (χ3v) is 4.74. The van der Waals surface area contributed by atoms with E-state index in [1.54, 1.807) is 14.0 Å². The molecule has 1 aliphatic carbocycles. The largest absolute Gasteiger partial charge is 0.496 e. The zero-order valence-electron chi connectivity index (χ0n) is 13.7. The molecule has 0 aliphatic heterocycles. The lowest BCUT2D eigenvalue weighted by atomic mass is 9.85. The lowest BCUT2D eigenvalue weighted by Gasteiger charge is -2.36. The molecular formula is C18H27NO2. The molecule has 0 amide bonds. The smallest absolute Gasteiger partial charge is 0.159 e. The molecule has 3 nitrogen and oxygen atoms in total. The zero-order valence-corrected chi connectivity index (χ0v) is 13.7. The minimum Gasteiger partial charge on any atom is -0.496 e. The molecule has 1 aliphatic rings. The summed E-state index contributed by atoms with van der Waals surface area (Å²) < 4.78 is 5.46. The number of carbonyl (C=O) groups is 1. The topological polar surface area (TPSA) is 29.5 Å². The van der Waals surface area contributed by atoms with Crippen LogP contribution in [0.5, 0.6) is 5.75 Å². The first-order chi connectivity index (χ1) is 10.0. The van der Waals surface area contributed by atoms with Gasteiger partial charge in [-0.05, 0) is 50.9 Å². The van der Waals surface area contributed by atoms with E-state index >= 15 is 0 Å². The van der Waals surface area contributed by atoms with E-state index in [0.717, 1.165) is 29.3 Å². The van der Waals surface area contributed by atoms with E-state index in [9.17, 15) is 4.79 Å². The molecule has 1 saturated carbocycles. The van der Waals surface area contributed by atoms with Gasteiger partial charge in [-0.3, -0.25) is 9.69 Å². The van der Waals surface area contributed by atoms with Crippen molar-refractivity contribution in [3.63, 3.8) is 0 Å². The normalized spacial score (nSPS) is 22.3. The maximum Gasteiger partial charge on any atom is 0.159 e. The lowest BCUT2D eigenvalue weighted by molar-refractivity contribution is 0.101. The molecular weight excluding hydrogens is 262 g/mol. The van der Waals surface area contributed by atoms with Gasteiger partial charge in [-0.2, -0.15) is 0 Å². The summed E-state index contributed by atoms with van der Waals surface area (Å²) >= 11 is 0. The highest BCUT2D eigenvalue weighted by molar-refractivity contribution is 5.94. The minimum absolute atomic E-state index is 0.104. The first kappa shape index (κ1) is 16.0. The predicted octanol–water partition coefficient (Wildman–Crippen LogP) is 3.91. The van der Waals surface area contributed by atoms with E-state index in [0.29, 0.717) is 6.04 Å². The van der Waals surface area contributed by atoms with Crippen molar-refractivity contribution in [3.8, 4) is 5.75 Å². The van der Waals surface area contributed by atoms with Gasteiger partial charge in [-0.15, -0.1) is 0 Å².